The Kier molecular flexibility index (Phi) is 7.79. The van der Waals surface area contributed by atoms with E-state index in [2.05, 4.69) is 4.99 Å². The van der Waals surface area contributed by atoms with Gasteiger partial charge in [0, 0.05) is 7.11 Å². The van der Waals surface area contributed by atoms with Crippen molar-refractivity contribution < 1.29 is 19.0 Å². The van der Waals surface area contributed by atoms with Crippen molar-refractivity contribution in [1.29, 1.82) is 0 Å². The van der Waals surface area contributed by atoms with Gasteiger partial charge >= 0.3 is 0 Å². The second kappa shape index (κ2) is 10.5. The largest absolute Gasteiger partial charge is 0.493 e. The topological polar surface area (TPSA) is 60.4 Å². The molecule has 0 aromatic heterocycles. The molecule has 2 aromatic rings. The lowest BCUT2D eigenvalue weighted by Crippen LogP contribution is -2.32. The van der Waals surface area contributed by atoms with Gasteiger partial charge in [-0.2, -0.15) is 0 Å². The van der Waals surface area contributed by atoms with Crippen molar-refractivity contribution in [2.24, 2.45) is 4.99 Å². The highest BCUT2D eigenvalue weighted by Crippen LogP contribution is 2.39. The predicted molar refractivity (Wildman–Crippen MR) is 122 cm³/mol. The van der Waals surface area contributed by atoms with Gasteiger partial charge in [-0.05, 0) is 54.6 Å². The molecular weight excluding hydrogens is 424 g/mol. The Morgan fingerprint density at radius 3 is 2.63 bits per heavy atom. The maximum Gasteiger partial charge on any atom is 0.266 e. The fourth-order valence-electron chi connectivity index (χ4n) is 2.84. The third-order valence-electron chi connectivity index (χ3n) is 4.23. The van der Waals surface area contributed by atoms with Gasteiger partial charge in [-0.1, -0.05) is 29.8 Å². The molecule has 6 nitrogen and oxygen atoms in total. The first kappa shape index (κ1) is 22.2. The summed E-state index contributed by atoms with van der Waals surface area (Å²) >= 11 is 7.69. The summed E-state index contributed by atoms with van der Waals surface area (Å²) in [5.41, 5.74) is 1.52. The molecule has 0 atom stereocenters. The Balaban J connectivity index is 1.95. The standard InChI is InChI=1S/C22H23ClN2O4S/c1-4-29-20-17(23)12-15(13-18(20)28-3)14-19-21(26)25(10-11-27-2)22(30-19)24-16-8-6-5-7-9-16/h5-9,12-14H,4,10-11H2,1-3H3/b19-14-,24-22?. The number of para-hydroxylation sites is 1. The normalized spacial score (nSPS) is 16.5. The van der Waals surface area contributed by atoms with E-state index in [0.29, 0.717) is 46.4 Å². The molecular formula is C22H23ClN2O4S. The minimum absolute atomic E-state index is 0.129. The van der Waals surface area contributed by atoms with Crippen molar-refractivity contribution in [3.8, 4) is 11.5 Å². The van der Waals surface area contributed by atoms with Gasteiger partial charge in [-0.3, -0.25) is 9.69 Å². The highest BCUT2D eigenvalue weighted by Gasteiger charge is 2.33. The fraction of sp³-hybridized carbons (Fsp3) is 0.273. The minimum atomic E-state index is -0.129. The van der Waals surface area contributed by atoms with E-state index in [9.17, 15) is 4.79 Å². The van der Waals surface area contributed by atoms with Gasteiger partial charge in [0.2, 0.25) is 0 Å². The van der Waals surface area contributed by atoms with Crippen LogP contribution in [0.5, 0.6) is 11.5 Å². The number of halogens is 1. The van der Waals surface area contributed by atoms with Crippen molar-refractivity contribution >= 4 is 46.2 Å². The number of hydrogen-bond donors (Lipinski definition) is 0. The number of rotatable bonds is 8. The molecule has 0 unspecified atom stereocenters. The Bertz CT molecular complexity index is 963. The number of benzene rings is 2. The quantitative estimate of drug-likeness (QED) is 0.534. The number of carbonyl (C=O) groups is 1. The Morgan fingerprint density at radius 2 is 1.97 bits per heavy atom. The van der Waals surface area contributed by atoms with Crippen molar-refractivity contribution in [2.75, 3.05) is 34.0 Å². The van der Waals surface area contributed by atoms with Crippen LogP contribution in [-0.2, 0) is 9.53 Å². The molecule has 30 heavy (non-hydrogen) atoms. The third kappa shape index (κ3) is 5.16. The van der Waals surface area contributed by atoms with E-state index in [1.165, 1.54) is 11.8 Å². The molecule has 0 aliphatic carbocycles. The van der Waals surface area contributed by atoms with Crippen LogP contribution in [0.25, 0.3) is 6.08 Å². The second-order valence-electron chi connectivity index (χ2n) is 6.26. The Labute approximate surface area is 185 Å². The molecule has 0 spiro atoms. The lowest BCUT2D eigenvalue weighted by Gasteiger charge is -2.14. The molecule has 1 fully saturated rings. The molecule has 158 valence electrons. The van der Waals surface area contributed by atoms with Gasteiger partial charge in [0.25, 0.3) is 5.91 Å². The number of methoxy groups -OCH3 is 2. The monoisotopic (exact) mass is 446 g/mol. The summed E-state index contributed by atoms with van der Waals surface area (Å²) in [4.78, 5) is 19.8. The van der Waals surface area contributed by atoms with Gasteiger partial charge in [-0.25, -0.2) is 4.99 Å². The number of carbonyl (C=O) groups excluding carboxylic acids is 1. The number of amides is 1. The lowest BCUT2D eigenvalue weighted by molar-refractivity contribution is -0.122. The highest BCUT2D eigenvalue weighted by molar-refractivity contribution is 8.18. The van der Waals surface area contributed by atoms with Gasteiger partial charge in [-0.15, -0.1) is 0 Å². The first-order valence-corrected chi connectivity index (χ1v) is 10.6. The van der Waals surface area contributed by atoms with E-state index in [1.54, 1.807) is 37.3 Å². The zero-order chi connectivity index (χ0) is 21.5. The first-order valence-electron chi connectivity index (χ1n) is 9.41. The van der Waals surface area contributed by atoms with Crippen LogP contribution in [0.4, 0.5) is 5.69 Å². The third-order valence-corrected chi connectivity index (χ3v) is 5.51. The molecule has 8 heteroatoms. The van der Waals surface area contributed by atoms with Gasteiger partial charge < -0.3 is 14.2 Å². The second-order valence-corrected chi connectivity index (χ2v) is 7.67. The number of ether oxygens (including phenoxy) is 3. The van der Waals surface area contributed by atoms with Crippen LogP contribution < -0.4 is 9.47 Å². The summed E-state index contributed by atoms with van der Waals surface area (Å²) < 4.78 is 16.1. The average molecular weight is 447 g/mol. The SMILES string of the molecule is CCOc1c(Cl)cc(/C=C2\SC(=Nc3ccccc3)N(CCOC)C2=O)cc1OC. The summed E-state index contributed by atoms with van der Waals surface area (Å²) in [6.07, 6.45) is 1.78. The van der Waals surface area contributed by atoms with Crippen LogP contribution >= 0.6 is 23.4 Å². The van der Waals surface area contributed by atoms with Crippen molar-refractivity contribution in [3.63, 3.8) is 0 Å². The average Bonchev–Trinajstić information content (AvgIpc) is 3.03. The number of nitrogens with zero attached hydrogens (tertiary/aromatic N) is 2. The van der Waals surface area contributed by atoms with E-state index in [1.807, 2.05) is 37.3 Å². The van der Waals surface area contributed by atoms with Gasteiger partial charge in [0.05, 0.1) is 42.5 Å². The Morgan fingerprint density at radius 1 is 1.20 bits per heavy atom. The molecule has 3 rings (SSSR count). The minimum Gasteiger partial charge on any atom is -0.493 e. The zero-order valence-corrected chi connectivity index (χ0v) is 18.6. The summed E-state index contributed by atoms with van der Waals surface area (Å²) in [6, 6.07) is 13.1. The molecule has 1 aliphatic heterocycles. The number of hydrogen-bond acceptors (Lipinski definition) is 6. The van der Waals surface area contributed by atoms with Gasteiger partial charge in [0.1, 0.15) is 0 Å². The van der Waals surface area contributed by atoms with Gasteiger partial charge in [0.15, 0.2) is 16.7 Å². The summed E-state index contributed by atoms with van der Waals surface area (Å²) in [5.74, 6) is 0.874. The van der Waals surface area contributed by atoms with E-state index in [4.69, 9.17) is 25.8 Å². The molecule has 0 saturated carbocycles. The maximum absolute atomic E-state index is 13.0. The van der Waals surface area contributed by atoms with Crippen molar-refractivity contribution in [1.82, 2.24) is 4.90 Å². The van der Waals surface area contributed by atoms with Crippen LogP contribution in [0, 0.1) is 0 Å². The van der Waals surface area contributed by atoms with Crippen LogP contribution in [-0.4, -0.2) is 50.0 Å². The zero-order valence-electron chi connectivity index (χ0n) is 17.1. The van der Waals surface area contributed by atoms with Crippen LogP contribution in [0.15, 0.2) is 52.4 Å². The van der Waals surface area contributed by atoms with Crippen LogP contribution in [0.2, 0.25) is 5.02 Å². The number of amidine groups is 1. The highest BCUT2D eigenvalue weighted by atomic mass is 35.5. The van der Waals surface area contributed by atoms with Crippen LogP contribution in [0.3, 0.4) is 0 Å². The van der Waals surface area contributed by atoms with E-state index < -0.39 is 0 Å². The molecule has 1 aliphatic rings. The predicted octanol–water partition coefficient (Wildman–Crippen LogP) is 5.00. The molecule has 1 saturated heterocycles. The summed E-state index contributed by atoms with van der Waals surface area (Å²) in [5, 5.41) is 1.03. The fourth-order valence-corrected chi connectivity index (χ4v) is 4.14. The molecule has 1 amide bonds. The molecule has 0 radical (unpaired) electrons. The lowest BCUT2D eigenvalue weighted by atomic mass is 10.1. The van der Waals surface area contributed by atoms with Crippen molar-refractivity contribution in [3.05, 3.63) is 58.0 Å². The molecule has 2 aromatic carbocycles. The van der Waals surface area contributed by atoms with Crippen LogP contribution in [0.1, 0.15) is 12.5 Å². The number of thioether (sulfide) groups is 1. The van der Waals surface area contributed by atoms with E-state index in [-0.39, 0.29) is 5.91 Å². The number of aliphatic imine (C=N–C) groups is 1. The van der Waals surface area contributed by atoms with E-state index >= 15 is 0 Å². The molecule has 0 bridgehead atoms. The maximum atomic E-state index is 13.0. The summed E-state index contributed by atoms with van der Waals surface area (Å²) in [7, 11) is 3.16. The molecule has 0 N–H and O–H groups in total. The smallest absolute Gasteiger partial charge is 0.266 e. The molecule has 1 heterocycles. The summed E-state index contributed by atoms with van der Waals surface area (Å²) in [6.45, 7) is 3.18. The Hall–Kier alpha value is -2.48. The first-order chi connectivity index (χ1) is 14.6. The van der Waals surface area contributed by atoms with E-state index in [0.717, 1.165) is 11.3 Å². The van der Waals surface area contributed by atoms with Crippen molar-refractivity contribution in [2.45, 2.75) is 6.92 Å².